The largest absolute Gasteiger partial charge is 0.477 e. The van der Waals surface area contributed by atoms with Gasteiger partial charge in [-0.25, -0.2) is 9.78 Å². The summed E-state index contributed by atoms with van der Waals surface area (Å²) in [5.74, 6) is -1.01. The molecule has 1 aromatic heterocycles. The van der Waals surface area contributed by atoms with E-state index in [1.54, 1.807) is 6.07 Å². The number of benzene rings is 1. The minimum Gasteiger partial charge on any atom is -0.477 e. The molecule has 0 atom stereocenters. The molecule has 0 amide bonds. The van der Waals surface area contributed by atoms with Gasteiger partial charge < -0.3 is 10.4 Å². The molecule has 0 unspecified atom stereocenters. The average molecular weight is 256 g/mol. The van der Waals surface area contributed by atoms with Crippen LogP contribution in [0.4, 0.5) is 5.69 Å². The number of carbonyl (C=O) groups is 1. The van der Waals surface area contributed by atoms with Crippen molar-refractivity contribution in [3.63, 3.8) is 0 Å². The highest BCUT2D eigenvalue weighted by molar-refractivity contribution is 5.85. The number of nitrogens with zero attached hydrogens (tertiary/aromatic N) is 1. The highest BCUT2D eigenvalue weighted by Gasteiger charge is 2.04. The van der Waals surface area contributed by atoms with Gasteiger partial charge in [0.15, 0.2) is 0 Å². The Balaban J connectivity index is 2.04. The second kappa shape index (κ2) is 6.00. The van der Waals surface area contributed by atoms with E-state index in [2.05, 4.69) is 29.4 Å². The Morgan fingerprint density at radius 1 is 1.21 bits per heavy atom. The fourth-order valence-electron chi connectivity index (χ4n) is 1.90. The van der Waals surface area contributed by atoms with Crippen LogP contribution in [0.15, 0.2) is 42.6 Å². The summed E-state index contributed by atoms with van der Waals surface area (Å²) in [4.78, 5) is 14.6. The molecule has 0 radical (unpaired) electrons. The van der Waals surface area contributed by atoms with Crippen LogP contribution in [0.2, 0.25) is 0 Å². The Bertz CT molecular complexity index is 565. The van der Waals surface area contributed by atoms with Crippen molar-refractivity contribution in [2.45, 2.75) is 19.9 Å². The maximum Gasteiger partial charge on any atom is 0.354 e. The van der Waals surface area contributed by atoms with Gasteiger partial charge in [-0.3, -0.25) is 0 Å². The van der Waals surface area contributed by atoms with E-state index in [0.717, 1.165) is 12.1 Å². The molecule has 0 bridgehead atoms. The van der Waals surface area contributed by atoms with Crippen LogP contribution < -0.4 is 5.32 Å². The number of hydrogen-bond acceptors (Lipinski definition) is 3. The van der Waals surface area contributed by atoms with Gasteiger partial charge in [0.2, 0.25) is 0 Å². The summed E-state index contributed by atoms with van der Waals surface area (Å²) in [6.07, 6.45) is 2.53. The van der Waals surface area contributed by atoms with E-state index in [4.69, 9.17) is 5.11 Å². The number of hydrogen-bond donors (Lipinski definition) is 2. The van der Waals surface area contributed by atoms with Crippen LogP contribution in [0.1, 0.15) is 28.5 Å². The van der Waals surface area contributed by atoms with Crippen molar-refractivity contribution < 1.29 is 9.90 Å². The SMILES string of the molecule is CCc1ccccc1CNc1ccc(C(=O)O)nc1. The highest BCUT2D eigenvalue weighted by Crippen LogP contribution is 2.13. The molecular weight excluding hydrogens is 240 g/mol. The summed E-state index contributed by atoms with van der Waals surface area (Å²) in [6, 6.07) is 11.5. The molecule has 0 spiro atoms. The monoisotopic (exact) mass is 256 g/mol. The number of carboxylic acids is 1. The number of pyridine rings is 1. The zero-order valence-corrected chi connectivity index (χ0v) is 10.8. The molecule has 1 aromatic carbocycles. The van der Waals surface area contributed by atoms with E-state index in [-0.39, 0.29) is 5.69 Å². The summed E-state index contributed by atoms with van der Waals surface area (Å²) in [7, 11) is 0. The van der Waals surface area contributed by atoms with Gasteiger partial charge in [0, 0.05) is 6.54 Å². The third-order valence-corrected chi connectivity index (χ3v) is 2.96. The Labute approximate surface area is 112 Å². The predicted molar refractivity (Wildman–Crippen MR) is 74.3 cm³/mol. The molecule has 19 heavy (non-hydrogen) atoms. The minimum atomic E-state index is -1.01. The molecule has 2 rings (SSSR count). The lowest BCUT2D eigenvalue weighted by atomic mass is 10.1. The highest BCUT2D eigenvalue weighted by atomic mass is 16.4. The first-order valence-corrected chi connectivity index (χ1v) is 6.20. The predicted octanol–water partition coefficient (Wildman–Crippen LogP) is 2.95. The van der Waals surface area contributed by atoms with Gasteiger partial charge in [0.1, 0.15) is 5.69 Å². The third kappa shape index (κ3) is 3.31. The molecule has 4 nitrogen and oxygen atoms in total. The summed E-state index contributed by atoms with van der Waals surface area (Å²) in [6.45, 7) is 2.83. The zero-order valence-electron chi connectivity index (χ0n) is 10.8. The first-order valence-electron chi connectivity index (χ1n) is 6.20. The zero-order chi connectivity index (χ0) is 13.7. The van der Waals surface area contributed by atoms with Crippen LogP contribution in [0.5, 0.6) is 0 Å². The number of aromatic nitrogens is 1. The minimum absolute atomic E-state index is 0.0551. The molecule has 98 valence electrons. The summed E-state index contributed by atoms with van der Waals surface area (Å²) < 4.78 is 0. The van der Waals surface area contributed by atoms with Gasteiger partial charge in [0.25, 0.3) is 0 Å². The van der Waals surface area contributed by atoms with Crippen LogP contribution in [0.25, 0.3) is 0 Å². The van der Waals surface area contributed by atoms with Crippen LogP contribution in [-0.4, -0.2) is 16.1 Å². The fourth-order valence-corrected chi connectivity index (χ4v) is 1.90. The lowest BCUT2D eigenvalue weighted by Gasteiger charge is -2.10. The van der Waals surface area contributed by atoms with Crippen molar-refractivity contribution in [3.8, 4) is 0 Å². The van der Waals surface area contributed by atoms with Crippen molar-refractivity contribution in [2.75, 3.05) is 5.32 Å². The summed E-state index contributed by atoms with van der Waals surface area (Å²) >= 11 is 0. The lowest BCUT2D eigenvalue weighted by molar-refractivity contribution is 0.0690. The van der Waals surface area contributed by atoms with Crippen LogP contribution in [0, 0.1) is 0 Å². The topological polar surface area (TPSA) is 62.2 Å². The first-order chi connectivity index (χ1) is 9.20. The number of aryl methyl sites for hydroxylation is 1. The van der Waals surface area contributed by atoms with E-state index < -0.39 is 5.97 Å². The van der Waals surface area contributed by atoms with Crippen molar-refractivity contribution in [1.82, 2.24) is 4.98 Å². The molecular formula is C15H16N2O2. The van der Waals surface area contributed by atoms with Gasteiger partial charge >= 0.3 is 5.97 Å². The van der Waals surface area contributed by atoms with E-state index in [0.29, 0.717) is 6.54 Å². The Morgan fingerprint density at radius 2 is 1.95 bits per heavy atom. The average Bonchev–Trinajstić information content (AvgIpc) is 2.45. The fraction of sp³-hybridized carbons (Fsp3) is 0.200. The van der Waals surface area contributed by atoms with Gasteiger partial charge in [-0.05, 0) is 29.7 Å². The molecule has 1 heterocycles. The molecule has 0 fully saturated rings. The van der Waals surface area contributed by atoms with Crippen molar-refractivity contribution in [1.29, 1.82) is 0 Å². The Morgan fingerprint density at radius 3 is 2.53 bits per heavy atom. The van der Waals surface area contributed by atoms with Crippen LogP contribution >= 0.6 is 0 Å². The standard InChI is InChI=1S/C15H16N2O2/c1-2-11-5-3-4-6-12(11)9-16-13-7-8-14(15(18)19)17-10-13/h3-8,10,16H,2,9H2,1H3,(H,18,19). The number of aromatic carboxylic acids is 1. The number of carboxylic acid groups (broad SMARTS) is 1. The lowest BCUT2D eigenvalue weighted by Crippen LogP contribution is -2.04. The van der Waals surface area contributed by atoms with Crippen molar-refractivity contribution in [3.05, 3.63) is 59.4 Å². The summed E-state index contributed by atoms with van der Waals surface area (Å²) in [5, 5.41) is 12.0. The van der Waals surface area contributed by atoms with E-state index >= 15 is 0 Å². The molecule has 0 aliphatic heterocycles. The van der Waals surface area contributed by atoms with E-state index in [1.807, 2.05) is 12.1 Å². The molecule has 0 saturated heterocycles. The van der Waals surface area contributed by atoms with Crippen LogP contribution in [0.3, 0.4) is 0 Å². The second-order valence-electron chi connectivity index (χ2n) is 4.21. The molecule has 0 aliphatic rings. The molecule has 0 aliphatic carbocycles. The van der Waals surface area contributed by atoms with Gasteiger partial charge in [0.05, 0.1) is 11.9 Å². The van der Waals surface area contributed by atoms with Gasteiger partial charge in [-0.2, -0.15) is 0 Å². The molecule has 4 heteroatoms. The van der Waals surface area contributed by atoms with E-state index in [1.165, 1.54) is 23.4 Å². The maximum absolute atomic E-state index is 10.7. The first kappa shape index (κ1) is 13.1. The maximum atomic E-state index is 10.7. The molecule has 2 aromatic rings. The smallest absolute Gasteiger partial charge is 0.354 e. The molecule has 2 N–H and O–H groups in total. The van der Waals surface area contributed by atoms with Crippen molar-refractivity contribution >= 4 is 11.7 Å². The number of rotatable bonds is 5. The van der Waals surface area contributed by atoms with Gasteiger partial charge in [-0.15, -0.1) is 0 Å². The quantitative estimate of drug-likeness (QED) is 0.863. The normalized spacial score (nSPS) is 10.2. The Hall–Kier alpha value is -2.36. The molecule has 0 saturated carbocycles. The second-order valence-corrected chi connectivity index (χ2v) is 4.21. The summed E-state index contributed by atoms with van der Waals surface area (Å²) in [5.41, 5.74) is 3.42. The number of nitrogens with one attached hydrogen (secondary N) is 1. The Kier molecular flexibility index (Phi) is 4.13. The number of anilines is 1. The van der Waals surface area contributed by atoms with Crippen molar-refractivity contribution in [2.24, 2.45) is 0 Å². The van der Waals surface area contributed by atoms with Gasteiger partial charge in [-0.1, -0.05) is 31.2 Å². The van der Waals surface area contributed by atoms with E-state index in [9.17, 15) is 4.79 Å². The van der Waals surface area contributed by atoms with Crippen LogP contribution in [-0.2, 0) is 13.0 Å². The third-order valence-electron chi connectivity index (χ3n) is 2.96.